The fourth-order valence-electron chi connectivity index (χ4n) is 2.50. The van der Waals surface area contributed by atoms with Crippen LogP contribution in [0.5, 0.6) is 0 Å². The van der Waals surface area contributed by atoms with Crippen LogP contribution in [0.2, 0.25) is 0 Å². The van der Waals surface area contributed by atoms with Crippen molar-refractivity contribution in [1.82, 2.24) is 10.2 Å². The van der Waals surface area contributed by atoms with Crippen molar-refractivity contribution in [3.63, 3.8) is 0 Å². The molecule has 3 nitrogen and oxygen atoms in total. The van der Waals surface area contributed by atoms with Gasteiger partial charge in [-0.15, -0.1) is 0 Å². The maximum atomic E-state index is 13.5. The number of nitrogens with one attached hydrogen (secondary N) is 1. The standard InChI is InChI=1S/C15H20F2N2O/c1-11(19-8-3-2-4-9-19)10-18-15(20)12-6-5-7-13(16)14(12)17/h5-7,11H,2-4,8-10H2,1H3,(H,18,20). The van der Waals surface area contributed by atoms with E-state index in [1.165, 1.54) is 31.4 Å². The van der Waals surface area contributed by atoms with Crippen LogP contribution in [0.4, 0.5) is 8.78 Å². The lowest BCUT2D eigenvalue weighted by Crippen LogP contribution is -2.44. The monoisotopic (exact) mass is 282 g/mol. The Kier molecular flexibility index (Phi) is 5.06. The molecule has 0 aliphatic carbocycles. The maximum Gasteiger partial charge on any atom is 0.254 e. The van der Waals surface area contributed by atoms with E-state index in [9.17, 15) is 13.6 Å². The fraction of sp³-hybridized carbons (Fsp3) is 0.533. The predicted octanol–water partition coefficient (Wildman–Crippen LogP) is 2.57. The molecule has 2 rings (SSSR count). The molecule has 1 unspecified atom stereocenters. The second-order valence-corrected chi connectivity index (χ2v) is 5.26. The lowest BCUT2D eigenvalue weighted by molar-refractivity contribution is 0.0925. The zero-order chi connectivity index (χ0) is 14.5. The number of piperidine rings is 1. The first-order valence-electron chi connectivity index (χ1n) is 7.06. The van der Waals surface area contributed by atoms with E-state index in [1.807, 2.05) is 6.92 Å². The second-order valence-electron chi connectivity index (χ2n) is 5.26. The van der Waals surface area contributed by atoms with Gasteiger partial charge in [-0.1, -0.05) is 12.5 Å². The fourth-order valence-corrected chi connectivity index (χ4v) is 2.50. The number of rotatable bonds is 4. The van der Waals surface area contributed by atoms with Crippen molar-refractivity contribution in [2.45, 2.75) is 32.2 Å². The van der Waals surface area contributed by atoms with Gasteiger partial charge in [-0.05, 0) is 45.0 Å². The van der Waals surface area contributed by atoms with Gasteiger partial charge in [0.15, 0.2) is 11.6 Å². The summed E-state index contributed by atoms with van der Waals surface area (Å²) in [4.78, 5) is 14.2. The van der Waals surface area contributed by atoms with Gasteiger partial charge in [-0.3, -0.25) is 9.69 Å². The topological polar surface area (TPSA) is 32.3 Å². The van der Waals surface area contributed by atoms with Gasteiger partial charge in [-0.2, -0.15) is 0 Å². The number of amides is 1. The van der Waals surface area contributed by atoms with E-state index in [0.29, 0.717) is 6.54 Å². The Morgan fingerprint density at radius 1 is 1.30 bits per heavy atom. The van der Waals surface area contributed by atoms with Gasteiger partial charge in [0.25, 0.3) is 5.91 Å². The number of benzene rings is 1. The Labute approximate surface area is 118 Å². The third-order valence-corrected chi connectivity index (χ3v) is 3.77. The first-order valence-corrected chi connectivity index (χ1v) is 7.06. The van der Waals surface area contributed by atoms with E-state index < -0.39 is 17.5 Å². The van der Waals surface area contributed by atoms with Gasteiger partial charge < -0.3 is 5.32 Å². The van der Waals surface area contributed by atoms with Crippen LogP contribution in [0.1, 0.15) is 36.5 Å². The Balaban J connectivity index is 1.89. The summed E-state index contributed by atoms with van der Waals surface area (Å²) in [5.74, 6) is -2.65. The van der Waals surface area contributed by atoms with E-state index in [0.717, 1.165) is 19.2 Å². The summed E-state index contributed by atoms with van der Waals surface area (Å²) in [6.07, 6.45) is 3.61. The first-order chi connectivity index (χ1) is 9.59. The van der Waals surface area contributed by atoms with Crippen LogP contribution >= 0.6 is 0 Å². The van der Waals surface area contributed by atoms with Gasteiger partial charge in [0.2, 0.25) is 0 Å². The highest BCUT2D eigenvalue weighted by Gasteiger charge is 2.19. The highest BCUT2D eigenvalue weighted by atomic mass is 19.2. The molecule has 0 radical (unpaired) electrons. The first kappa shape index (κ1) is 14.9. The quantitative estimate of drug-likeness (QED) is 0.920. The zero-order valence-corrected chi connectivity index (χ0v) is 11.7. The van der Waals surface area contributed by atoms with Crippen molar-refractivity contribution in [2.24, 2.45) is 0 Å². The molecule has 0 bridgehead atoms. The van der Waals surface area contributed by atoms with Crippen LogP contribution in [0, 0.1) is 11.6 Å². The molecular formula is C15H20F2N2O. The number of nitrogens with zero attached hydrogens (tertiary/aromatic N) is 1. The third-order valence-electron chi connectivity index (χ3n) is 3.77. The van der Waals surface area contributed by atoms with E-state index in [1.54, 1.807) is 0 Å². The Bertz CT molecular complexity index is 473. The number of hydrogen-bond acceptors (Lipinski definition) is 2. The van der Waals surface area contributed by atoms with E-state index >= 15 is 0 Å². The molecule has 1 N–H and O–H groups in total. The van der Waals surface area contributed by atoms with Crippen LogP contribution in [-0.4, -0.2) is 36.5 Å². The van der Waals surface area contributed by atoms with Crippen LogP contribution in [0.3, 0.4) is 0 Å². The molecule has 1 aromatic rings. The minimum absolute atomic E-state index is 0.205. The average Bonchev–Trinajstić information content (AvgIpc) is 2.48. The van der Waals surface area contributed by atoms with Crippen LogP contribution < -0.4 is 5.32 Å². The van der Waals surface area contributed by atoms with Gasteiger partial charge >= 0.3 is 0 Å². The Hall–Kier alpha value is -1.49. The molecule has 1 heterocycles. The van der Waals surface area contributed by atoms with Crippen molar-refractivity contribution in [2.75, 3.05) is 19.6 Å². The minimum Gasteiger partial charge on any atom is -0.350 e. The summed E-state index contributed by atoms with van der Waals surface area (Å²) in [6.45, 7) is 4.54. The Morgan fingerprint density at radius 3 is 2.70 bits per heavy atom. The molecule has 1 aliphatic heterocycles. The van der Waals surface area contributed by atoms with Crippen molar-refractivity contribution >= 4 is 5.91 Å². The largest absolute Gasteiger partial charge is 0.350 e. The molecule has 1 aromatic carbocycles. The highest BCUT2D eigenvalue weighted by Crippen LogP contribution is 2.13. The molecule has 1 saturated heterocycles. The number of carbonyl (C=O) groups excluding carboxylic acids is 1. The van der Waals surface area contributed by atoms with Crippen molar-refractivity contribution in [3.05, 3.63) is 35.4 Å². The molecule has 1 atom stereocenters. The lowest BCUT2D eigenvalue weighted by atomic mass is 10.1. The summed E-state index contributed by atoms with van der Waals surface area (Å²) in [6, 6.07) is 3.83. The maximum absolute atomic E-state index is 13.5. The third kappa shape index (κ3) is 3.54. The summed E-state index contributed by atoms with van der Waals surface area (Å²) in [5.41, 5.74) is -0.240. The molecular weight excluding hydrogens is 262 g/mol. The molecule has 1 amide bonds. The molecule has 1 fully saturated rings. The summed E-state index contributed by atoms with van der Waals surface area (Å²) < 4.78 is 26.6. The van der Waals surface area contributed by atoms with Crippen LogP contribution in [-0.2, 0) is 0 Å². The van der Waals surface area contributed by atoms with Crippen LogP contribution in [0.15, 0.2) is 18.2 Å². The number of likely N-dealkylation sites (tertiary alicyclic amines) is 1. The number of hydrogen-bond donors (Lipinski definition) is 1. The molecule has 0 saturated carbocycles. The molecule has 5 heteroatoms. The van der Waals surface area contributed by atoms with Crippen LogP contribution in [0.25, 0.3) is 0 Å². The van der Waals surface area contributed by atoms with Gasteiger partial charge in [0.05, 0.1) is 5.56 Å². The SMILES string of the molecule is CC(CNC(=O)c1cccc(F)c1F)N1CCCCC1. The molecule has 110 valence electrons. The predicted molar refractivity (Wildman–Crippen MR) is 73.6 cm³/mol. The molecule has 0 spiro atoms. The lowest BCUT2D eigenvalue weighted by Gasteiger charge is -2.32. The Morgan fingerprint density at radius 2 is 2.00 bits per heavy atom. The normalized spacial score (nSPS) is 17.8. The second kappa shape index (κ2) is 6.79. The highest BCUT2D eigenvalue weighted by molar-refractivity contribution is 5.94. The summed E-state index contributed by atoms with van der Waals surface area (Å²) >= 11 is 0. The summed E-state index contributed by atoms with van der Waals surface area (Å²) in [5, 5.41) is 2.68. The smallest absolute Gasteiger partial charge is 0.254 e. The summed E-state index contributed by atoms with van der Waals surface area (Å²) in [7, 11) is 0. The number of halogens is 2. The van der Waals surface area contributed by atoms with Gasteiger partial charge in [-0.25, -0.2) is 8.78 Å². The zero-order valence-electron chi connectivity index (χ0n) is 11.7. The van der Waals surface area contributed by atoms with Gasteiger partial charge in [0, 0.05) is 12.6 Å². The van der Waals surface area contributed by atoms with Crippen molar-refractivity contribution in [1.29, 1.82) is 0 Å². The van der Waals surface area contributed by atoms with Crippen molar-refractivity contribution in [3.8, 4) is 0 Å². The van der Waals surface area contributed by atoms with Crippen molar-refractivity contribution < 1.29 is 13.6 Å². The van der Waals surface area contributed by atoms with Gasteiger partial charge in [0.1, 0.15) is 0 Å². The molecule has 20 heavy (non-hydrogen) atoms. The molecule has 0 aromatic heterocycles. The van der Waals surface area contributed by atoms with E-state index in [-0.39, 0.29) is 11.6 Å². The van der Waals surface area contributed by atoms with E-state index in [2.05, 4.69) is 10.2 Å². The minimum atomic E-state index is -1.09. The number of carbonyl (C=O) groups is 1. The molecule has 1 aliphatic rings. The van der Waals surface area contributed by atoms with E-state index in [4.69, 9.17) is 0 Å². The average molecular weight is 282 g/mol.